The lowest BCUT2D eigenvalue weighted by atomic mass is 10.0. The second kappa shape index (κ2) is 15.9. The molecule has 1 fully saturated rings. The number of methoxy groups -OCH3 is 2. The first-order valence-corrected chi connectivity index (χ1v) is 16.5. The highest BCUT2D eigenvalue weighted by molar-refractivity contribution is 5.65. The van der Waals surface area contributed by atoms with E-state index in [-0.39, 0.29) is 6.01 Å². The van der Waals surface area contributed by atoms with Gasteiger partial charge < -0.3 is 29.0 Å². The molecule has 0 bridgehead atoms. The fraction of sp³-hybridized carbons (Fsp3) is 0.378. The van der Waals surface area contributed by atoms with Crippen molar-refractivity contribution in [1.29, 1.82) is 0 Å². The van der Waals surface area contributed by atoms with Gasteiger partial charge in [0, 0.05) is 32.7 Å². The van der Waals surface area contributed by atoms with E-state index in [1.165, 1.54) is 0 Å². The third kappa shape index (κ3) is 8.04. The molecule has 48 heavy (non-hydrogen) atoms. The van der Waals surface area contributed by atoms with Crippen molar-refractivity contribution in [3.8, 4) is 17.5 Å². The summed E-state index contributed by atoms with van der Waals surface area (Å²) in [6.07, 6.45) is 2.56. The third-order valence-corrected chi connectivity index (χ3v) is 8.50. The molecule has 1 atom stereocenters. The van der Waals surface area contributed by atoms with Crippen molar-refractivity contribution >= 4 is 11.5 Å². The lowest BCUT2D eigenvalue weighted by molar-refractivity contribution is 0.0341. The first-order chi connectivity index (χ1) is 23.5. The molecular weight excluding hydrogens is 608 g/mol. The predicted molar refractivity (Wildman–Crippen MR) is 184 cm³/mol. The molecule has 11 heteroatoms. The van der Waals surface area contributed by atoms with Crippen LogP contribution in [0.1, 0.15) is 53.8 Å². The van der Waals surface area contributed by atoms with Gasteiger partial charge in [0.15, 0.2) is 11.5 Å². The quantitative estimate of drug-likeness (QED) is 0.147. The molecule has 0 saturated carbocycles. The van der Waals surface area contributed by atoms with Gasteiger partial charge >= 0.3 is 6.01 Å². The van der Waals surface area contributed by atoms with Gasteiger partial charge in [0.1, 0.15) is 17.6 Å². The highest BCUT2D eigenvalue weighted by Gasteiger charge is 2.24. The van der Waals surface area contributed by atoms with Crippen LogP contribution in [-0.2, 0) is 24.4 Å². The Balaban J connectivity index is 1.38. The zero-order valence-corrected chi connectivity index (χ0v) is 27.9. The van der Waals surface area contributed by atoms with Crippen LogP contribution in [-0.4, -0.2) is 76.7 Å². The van der Waals surface area contributed by atoms with E-state index in [4.69, 9.17) is 34.0 Å². The Labute approximate surface area is 281 Å². The van der Waals surface area contributed by atoms with Crippen molar-refractivity contribution in [2.24, 2.45) is 0 Å². The molecule has 0 aliphatic carbocycles. The van der Waals surface area contributed by atoms with Crippen LogP contribution in [0.4, 0.5) is 5.82 Å². The molecule has 1 saturated heterocycles. The fourth-order valence-electron chi connectivity index (χ4n) is 5.79. The van der Waals surface area contributed by atoms with Gasteiger partial charge in [-0.05, 0) is 52.9 Å². The lowest BCUT2D eigenvalue weighted by Gasteiger charge is -2.26. The molecule has 3 aromatic carbocycles. The number of aliphatic hydroxyl groups is 1. The van der Waals surface area contributed by atoms with Gasteiger partial charge in [0.25, 0.3) is 0 Å². The predicted octanol–water partition coefficient (Wildman–Crippen LogP) is 5.44. The number of imidazole rings is 1. The van der Waals surface area contributed by atoms with E-state index < -0.39 is 6.10 Å². The first kappa shape index (κ1) is 33.2. The third-order valence-electron chi connectivity index (χ3n) is 8.50. The van der Waals surface area contributed by atoms with Crippen molar-refractivity contribution in [2.45, 2.75) is 45.5 Å². The van der Waals surface area contributed by atoms with Gasteiger partial charge in [-0.25, -0.2) is 9.50 Å². The minimum Gasteiger partial charge on any atom is -0.497 e. The average Bonchev–Trinajstić information content (AvgIpc) is 3.56. The maximum Gasteiger partial charge on any atom is 0.336 e. The number of rotatable bonds is 15. The molecule has 3 heterocycles. The number of benzene rings is 3. The summed E-state index contributed by atoms with van der Waals surface area (Å²) in [7, 11) is 3.32. The molecule has 1 N–H and O–H groups in total. The standard InChI is InChI=1S/C37H44N6O5/c1-4-5-19-48-37-39-36(42(25-27-9-13-31(45-2)14-10-27)26-28-11-15-32(46-3)16-12-28)35-38-23-33(43(35)40-37)34(44)30-8-6-7-29(22-30)24-41-17-20-47-21-18-41/h6-16,22-23,34,44H,4-5,17-21,24-26H2,1-3H3. The van der Waals surface area contributed by atoms with Crippen LogP contribution in [0.5, 0.6) is 17.5 Å². The molecule has 0 radical (unpaired) electrons. The second-order valence-corrected chi connectivity index (χ2v) is 11.9. The molecular formula is C37H44N6O5. The SMILES string of the molecule is CCCCOc1nc(N(Cc2ccc(OC)cc2)Cc2ccc(OC)cc2)c2ncc(C(O)c3cccc(CN4CCOCC4)c3)n2n1. The van der Waals surface area contributed by atoms with E-state index in [2.05, 4.69) is 28.9 Å². The Bertz CT molecular complexity index is 1710. The largest absolute Gasteiger partial charge is 0.497 e. The number of nitrogens with zero attached hydrogens (tertiary/aromatic N) is 6. The first-order valence-electron chi connectivity index (χ1n) is 16.5. The van der Waals surface area contributed by atoms with Crippen LogP contribution < -0.4 is 19.1 Å². The molecule has 6 rings (SSSR count). The van der Waals surface area contributed by atoms with E-state index in [0.717, 1.165) is 79.4 Å². The van der Waals surface area contributed by atoms with E-state index in [0.29, 0.717) is 36.9 Å². The molecule has 2 aromatic heterocycles. The van der Waals surface area contributed by atoms with Crippen molar-refractivity contribution < 1.29 is 24.1 Å². The van der Waals surface area contributed by atoms with Gasteiger partial charge in [-0.1, -0.05) is 61.9 Å². The maximum atomic E-state index is 11.8. The minimum atomic E-state index is -0.965. The van der Waals surface area contributed by atoms with Crippen molar-refractivity contribution in [3.05, 3.63) is 107 Å². The summed E-state index contributed by atoms with van der Waals surface area (Å²) in [4.78, 5) is 14.2. The van der Waals surface area contributed by atoms with E-state index in [9.17, 15) is 5.11 Å². The number of unbranched alkanes of at least 4 members (excludes halogenated alkanes) is 1. The Morgan fingerprint density at radius 3 is 2.19 bits per heavy atom. The second-order valence-electron chi connectivity index (χ2n) is 11.9. The van der Waals surface area contributed by atoms with Gasteiger partial charge in [0.2, 0.25) is 0 Å². The summed E-state index contributed by atoms with van der Waals surface area (Å²) in [5.74, 6) is 2.18. The fourth-order valence-corrected chi connectivity index (χ4v) is 5.79. The summed E-state index contributed by atoms with van der Waals surface area (Å²) in [6.45, 7) is 7.72. The van der Waals surface area contributed by atoms with Crippen molar-refractivity contribution in [1.82, 2.24) is 24.5 Å². The lowest BCUT2D eigenvalue weighted by Crippen LogP contribution is -2.35. The van der Waals surface area contributed by atoms with Crippen LogP contribution in [0.2, 0.25) is 0 Å². The summed E-state index contributed by atoms with van der Waals surface area (Å²) in [5.41, 5.74) is 5.09. The van der Waals surface area contributed by atoms with E-state index >= 15 is 0 Å². The van der Waals surface area contributed by atoms with Gasteiger partial charge in [-0.3, -0.25) is 4.90 Å². The molecule has 252 valence electrons. The maximum absolute atomic E-state index is 11.8. The number of fused-ring (bicyclic) bond motifs is 1. The number of hydrogen-bond donors (Lipinski definition) is 1. The van der Waals surface area contributed by atoms with Crippen LogP contribution in [0.3, 0.4) is 0 Å². The number of aliphatic hydroxyl groups excluding tert-OH is 1. The zero-order chi connectivity index (χ0) is 33.3. The van der Waals surface area contributed by atoms with Crippen LogP contribution in [0.25, 0.3) is 5.65 Å². The Hall–Kier alpha value is -4.71. The van der Waals surface area contributed by atoms with Crippen LogP contribution in [0.15, 0.2) is 79.0 Å². The summed E-state index contributed by atoms with van der Waals surface area (Å²) in [6, 6.07) is 24.3. The normalized spacial score (nSPS) is 14.2. The van der Waals surface area contributed by atoms with E-state index in [1.54, 1.807) is 24.9 Å². The van der Waals surface area contributed by atoms with E-state index in [1.807, 2.05) is 60.7 Å². The number of hydrogen-bond acceptors (Lipinski definition) is 10. The van der Waals surface area contributed by atoms with Crippen LogP contribution in [0, 0.1) is 0 Å². The van der Waals surface area contributed by atoms with Gasteiger partial charge in [-0.15, -0.1) is 5.10 Å². The number of morpholine rings is 1. The van der Waals surface area contributed by atoms with Crippen molar-refractivity contribution in [2.75, 3.05) is 52.0 Å². The summed E-state index contributed by atoms with van der Waals surface area (Å²) >= 11 is 0. The van der Waals surface area contributed by atoms with Gasteiger partial charge in [-0.2, -0.15) is 4.98 Å². The average molecular weight is 653 g/mol. The Morgan fingerprint density at radius 1 is 0.896 bits per heavy atom. The zero-order valence-electron chi connectivity index (χ0n) is 27.9. The minimum absolute atomic E-state index is 0.230. The molecule has 0 spiro atoms. The monoisotopic (exact) mass is 652 g/mol. The number of ether oxygens (including phenoxy) is 4. The topological polar surface area (TPSA) is 107 Å². The highest BCUT2D eigenvalue weighted by Crippen LogP contribution is 2.30. The summed E-state index contributed by atoms with van der Waals surface area (Å²) < 4.78 is 24.1. The molecule has 1 aliphatic rings. The van der Waals surface area contributed by atoms with Crippen LogP contribution >= 0.6 is 0 Å². The Kier molecular flexibility index (Phi) is 11.0. The molecule has 1 aliphatic heterocycles. The molecule has 5 aromatic rings. The molecule has 0 amide bonds. The number of anilines is 1. The van der Waals surface area contributed by atoms with Gasteiger partial charge in [0.05, 0.1) is 45.9 Å². The Morgan fingerprint density at radius 2 is 1.56 bits per heavy atom. The number of aromatic nitrogens is 4. The molecule has 1 unspecified atom stereocenters. The molecule has 11 nitrogen and oxygen atoms in total. The van der Waals surface area contributed by atoms with Crippen molar-refractivity contribution in [3.63, 3.8) is 0 Å². The smallest absolute Gasteiger partial charge is 0.336 e. The summed E-state index contributed by atoms with van der Waals surface area (Å²) in [5, 5.41) is 16.5. The highest BCUT2D eigenvalue weighted by atomic mass is 16.5.